The molecule has 2 aromatic carbocycles. The van der Waals surface area contributed by atoms with E-state index in [1.54, 1.807) is 37.3 Å². The Kier molecular flexibility index (Phi) is 6.70. The Morgan fingerprint density at radius 2 is 1.91 bits per heavy atom. The summed E-state index contributed by atoms with van der Waals surface area (Å²) in [5.41, 5.74) is 4.70. The first-order chi connectivity index (χ1) is 16.2. The summed E-state index contributed by atoms with van der Waals surface area (Å²) in [6.45, 7) is 6.09. The van der Waals surface area contributed by atoms with Gasteiger partial charge in [0.25, 0.3) is 10.0 Å². The highest BCUT2D eigenvalue weighted by atomic mass is 32.2. The molecule has 0 saturated carbocycles. The van der Waals surface area contributed by atoms with Crippen LogP contribution in [0.25, 0.3) is 0 Å². The molecule has 1 aliphatic rings. The molecule has 1 aromatic heterocycles. The largest absolute Gasteiger partial charge is 0.489 e. The molecule has 0 bridgehead atoms. The molecule has 0 radical (unpaired) electrons. The number of nitrogens with zero attached hydrogens (tertiary/aromatic N) is 1. The zero-order valence-electron chi connectivity index (χ0n) is 19.6. The van der Waals surface area contributed by atoms with Crippen LogP contribution in [0, 0.1) is 13.8 Å². The van der Waals surface area contributed by atoms with Crippen LogP contribution in [0.5, 0.6) is 5.75 Å². The molecular weight excluding hydrogens is 454 g/mol. The first-order valence-electron chi connectivity index (χ1n) is 11.4. The predicted octanol–water partition coefficient (Wildman–Crippen LogP) is 5.27. The van der Waals surface area contributed by atoms with Crippen molar-refractivity contribution in [2.24, 2.45) is 0 Å². The van der Waals surface area contributed by atoms with Gasteiger partial charge in [-0.1, -0.05) is 13.0 Å². The summed E-state index contributed by atoms with van der Waals surface area (Å²) < 4.78 is 40.0. The minimum atomic E-state index is -3.87. The van der Waals surface area contributed by atoms with Gasteiger partial charge in [0.15, 0.2) is 0 Å². The molecule has 0 saturated heterocycles. The van der Waals surface area contributed by atoms with Crippen LogP contribution in [0.3, 0.4) is 0 Å². The van der Waals surface area contributed by atoms with Crippen LogP contribution >= 0.6 is 0 Å². The smallest absolute Gasteiger partial charge is 0.335 e. The van der Waals surface area contributed by atoms with E-state index in [0.717, 1.165) is 41.5 Å². The van der Waals surface area contributed by atoms with Gasteiger partial charge in [-0.15, -0.1) is 0 Å². The molecule has 3 aromatic rings. The number of rotatable bonds is 9. The highest BCUT2D eigenvalue weighted by molar-refractivity contribution is 7.92. The molecule has 0 atom stereocenters. The van der Waals surface area contributed by atoms with Crippen LogP contribution in [-0.2, 0) is 29.5 Å². The van der Waals surface area contributed by atoms with E-state index in [1.807, 2.05) is 19.9 Å². The van der Waals surface area contributed by atoms with Gasteiger partial charge in [0.05, 0.1) is 11.3 Å². The zero-order valence-corrected chi connectivity index (χ0v) is 20.4. The topological polar surface area (TPSA) is 97.0 Å². The molecule has 180 valence electrons. The van der Waals surface area contributed by atoms with E-state index in [4.69, 9.17) is 9.15 Å². The van der Waals surface area contributed by atoms with E-state index in [9.17, 15) is 18.3 Å². The van der Waals surface area contributed by atoms with E-state index < -0.39 is 16.0 Å². The molecule has 0 unspecified atom stereocenters. The number of carbonyl (C=O) groups is 1. The van der Waals surface area contributed by atoms with Crippen molar-refractivity contribution in [3.63, 3.8) is 0 Å². The Hall–Kier alpha value is -3.26. The maximum Gasteiger partial charge on any atom is 0.335 e. The van der Waals surface area contributed by atoms with Crippen LogP contribution in [0.15, 0.2) is 52.0 Å². The number of aromatic carboxylic acids is 1. The average molecular weight is 484 g/mol. The van der Waals surface area contributed by atoms with Crippen molar-refractivity contribution in [3.05, 3.63) is 76.0 Å². The van der Waals surface area contributed by atoms with Crippen molar-refractivity contribution >= 4 is 21.7 Å². The summed E-state index contributed by atoms with van der Waals surface area (Å²) in [5, 5.41) is 9.12. The van der Waals surface area contributed by atoms with E-state index >= 15 is 0 Å². The number of carboxylic acids is 1. The summed E-state index contributed by atoms with van der Waals surface area (Å²) in [4.78, 5) is 11.2. The number of fused-ring (bicyclic) bond motifs is 1. The molecule has 1 heterocycles. The van der Waals surface area contributed by atoms with E-state index in [2.05, 4.69) is 0 Å². The number of anilines is 1. The van der Waals surface area contributed by atoms with Crippen LogP contribution in [0.1, 0.15) is 58.1 Å². The molecule has 0 spiro atoms. The number of aryl methyl sites for hydroxylation is 3. The van der Waals surface area contributed by atoms with Gasteiger partial charge in [0, 0.05) is 12.6 Å². The number of hydrogen-bond acceptors (Lipinski definition) is 5. The normalized spacial score (nSPS) is 13.0. The maximum absolute atomic E-state index is 13.5. The summed E-state index contributed by atoms with van der Waals surface area (Å²) in [7, 11) is -3.87. The lowest BCUT2D eigenvalue weighted by atomic mass is 10.1. The van der Waals surface area contributed by atoms with E-state index in [-0.39, 0.29) is 17.3 Å². The van der Waals surface area contributed by atoms with Gasteiger partial charge >= 0.3 is 5.97 Å². The van der Waals surface area contributed by atoms with Gasteiger partial charge < -0.3 is 14.3 Å². The van der Waals surface area contributed by atoms with Gasteiger partial charge in [-0.2, -0.15) is 8.42 Å². The summed E-state index contributed by atoms with van der Waals surface area (Å²) in [6.07, 6.45) is 3.29. The third kappa shape index (κ3) is 4.68. The molecule has 0 fully saturated rings. The number of sulfonamides is 1. The van der Waals surface area contributed by atoms with Crippen molar-refractivity contribution in [3.8, 4) is 5.75 Å². The highest BCUT2D eigenvalue weighted by Gasteiger charge is 2.31. The van der Waals surface area contributed by atoms with Crippen LogP contribution in [0.4, 0.5) is 5.69 Å². The molecular formula is C26H29NO6S. The van der Waals surface area contributed by atoms with Crippen molar-refractivity contribution in [1.29, 1.82) is 0 Å². The monoisotopic (exact) mass is 483 g/mol. The molecule has 0 aliphatic heterocycles. The number of carboxylic acid groups (broad SMARTS) is 1. The van der Waals surface area contributed by atoms with Gasteiger partial charge in [-0.3, -0.25) is 4.31 Å². The fraction of sp³-hybridized carbons (Fsp3) is 0.346. The Morgan fingerprint density at radius 1 is 1.12 bits per heavy atom. The van der Waals surface area contributed by atoms with Gasteiger partial charge in [-0.25, -0.2) is 4.79 Å². The minimum absolute atomic E-state index is 0.0642. The Labute approximate surface area is 200 Å². The average Bonchev–Trinajstić information content (AvgIpc) is 3.45. The summed E-state index contributed by atoms with van der Waals surface area (Å²) in [5.74, 6) is 0.161. The third-order valence-corrected chi connectivity index (χ3v) is 7.79. The van der Waals surface area contributed by atoms with E-state index in [0.29, 0.717) is 30.2 Å². The van der Waals surface area contributed by atoms with Gasteiger partial charge in [0.1, 0.15) is 18.1 Å². The SMILES string of the molecule is CCCN(c1cc(OCc2ccc(C(=O)O)cc2C)cc2c1CCC2)S(=O)(=O)c1ccc(C)o1. The van der Waals surface area contributed by atoms with Crippen LogP contribution < -0.4 is 9.04 Å². The maximum atomic E-state index is 13.5. The molecule has 4 rings (SSSR count). The Balaban J connectivity index is 1.68. The lowest BCUT2D eigenvalue weighted by molar-refractivity contribution is 0.0696. The van der Waals surface area contributed by atoms with Crippen molar-refractivity contribution < 1.29 is 27.5 Å². The summed E-state index contributed by atoms with van der Waals surface area (Å²) in [6, 6.07) is 11.9. The standard InChI is InChI=1S/C26H29NO6S/c1-4-12-27(34(30,31)25-11-8-18(3)33-25)24-15-22(14-19-6-5-7-23(19)24)32-16-21-10-9-20(26(28)29)13-17(21)2/h8-11,13-15H,4-7,12,16H2,1-3H3,(H,28,29). The number of hydrogen-bond donors (Lipinski definition) is 1. The van der Waals surface area contributed by atoms with Crippen LogP contribution in [0.2, 0.25) is 0 Å². The minimum Gasteiger partial charge on any atom is -0.489 e. The zero-order chi connectivity index (χ0) is 24.5. The molecule has 0 amide bonds. The van der Waals surface area contributed by atoms with Crippen molar-refractivity contribution in [1.82, 2.24) is 0 Å². The predicted molar refractivity (Wildman–Crippen MR) is 129 cm³/mol. The molecule has 34 heavy (non-hydrogen) atoms. The second kappa shape index (κ2) is 9.54. The molecule has 1 N–H and O–H groups in total. The highest BCUT2D eigenvalue weighted by Crippen LogP contribution is 2.38. The van der Waals surface area contributed by atoms with E-state index in [1.165, 1.54) is 10.4 Å². The first-order valence-corrected chi connectivity index (χ1v) is 12.8. The molecule has 1 aliphatic carbocycles. The number of ether oxygens (including phenoxy) is 1. The molecule has 8 heteroatoms. The number of benzene rings is 2. The lowest BCUT2D eigenvalue weighted by Crippen LogP contribution is -2.32. The summed E-state index contributed by atoms with van der Waals surface area (Å²) >= 11 is 0. The van der Waals surface area contributed by atoms with Gasteiger partial charge in [0.2, 0.25) is 5.09 Å². The van der Waals surface area contributed by atoms with Gasteiger partial charge in [-0.05, 0) is 92.1 Å². The quantitative estimate of drug-likeness (QED) is 0.445. The van der Waals surface area contributed by atoms with Crippen molar-refractivity contribution in [2.45, 2.75) is 58.2 Å². The fourth-order valence-corrected chi connectivity index (χ4v) is 5.88. The first kappa shape index (κ1) is 23.9. The lowest BCUT2D eigenvalue weighted by Gasteiger charge is -2.26. The van der Waals surface area contributed by atoms with Crippen molar-refractivity contribution in [2.75, 3.05) is 10.8 Å². The van der Waals surface area contributed by atoms with Crippen LogP contribution in [-0.4, -0.2) is 26.0 Å². The molecule has 7 nitrogen and oxygen atoms in total. The number of furan rings is 1. The second-order valence-corrected chi connectivity index (χ2v) is 10.4. The third-order valence-electron chi connectivity index (χ3n) is 6.10. The fourth-order valence-electron chi connectivity index (χ4n) is 4.34. The Morgan fingerprint density at radius 3 is 2.56 bits per heavy atom. The second-order valence-electron chi connectivity index (χ2n) is 8.61. The Bertz CT molecular complexity index is 1330.